The largest absolute Gasteiger partial charge is 0.330 e. The van der Waals surface area contributed by atoms with Gasteiger partial charge >= 0.3 is 0 Å². The van der Waals surface area contributed by atoms with Crippen LogP contribution in [0.1, 0.15) is 12.5 Å². The molecule has 0 amide bonds. The average Bonchev–Trinajstić information content (AvgIpc) is 2.29. The second-order valence-corrected chi connectivity index (χ2v) is 4.61. The number of nitrogens with two attached hydrogens (primary N) is 1. The lowest BCUT2D eigenvalue weighted by Crippen LogP contribution is -2.36. The van der Waals surface area contributed by atoms with E-state index < -0.39 is 5.92 Å². The van der Waals surface area contributed by atoms with E-state index in [1.165, 1.54) is 12.1 Å². The molecule has 2 N–H and O–H groups in total. The number of hydrogen-bond donors (Lipinski definition) is 1. The number of likely N-dealkylation sites (N-methyl/N-ethyl adjacent to an activating group) is 1. The maximum Gasteiger partial charge on any atom is 0.285 e. The predicted molar refractivity (Wildman–Crippen MR) is 66.1 cm³/mol. The van der Waals surface area contributed by atoms with E-state index in [1.807, 2.05) is 6.92 Å². The number of nitrogens with zero attached hydrogens (tertiary/aromatic N) is 1. The van der Waals surface area contributed by atoms with Crippen LogP contribution >= 0.6 is 0 Å². The third-order valence-electron chi connectivity index (χ3n) is 2.69. The van der Waals surface area contributed by atoms with Crippen LogP contribution in [-0.4, -0.2) is 31.6 Å². The zero-order valence-corrected chi connectivity index (χ0v) is 10.4. The molecule has 1 unspecified atom stereocenters. The SMILES string of the molecule is CC(CN)CN(C)CC(F)(F)c1ccccc1. The third kappa shape index (κ3) is 4.40. The van der Waals surface area contributed by atoms with Crippen molar-refractivity contribution in [1.82, 2.24) is 4.90 Å². The van der Waals surface area contributed by atoms with Gasteiger partial charge in [-0.1, -0.05) is 37.3 Å². The van der Waals surface area contributed by atoms with E-state index in [0.717, 1.165) is 0 Å². The van der Waals surface area contributed by atoms with Crippen molar-refractivity contribution in [3.63, 3.8) is 0 Å². The highest BCUT2D eigenvalue weighted by Crippen LogP contribution is 2.28. The van der Waals surface area contributed by atoms with Gasteiger partial charge < -0.3 is 5.73 Å². The van der Waals surface area contributed by atoms with Gasteiger partial charge in [0, 0.05) is 12.1 Å². The van der Waals surface area contributed by atoms with E-state index >= 15 is 0 Å². The summed E-state index contributed by atoms with van der Waals surface area (Å²) >= 11 is 0. The van der Waals surface area contributed by atoms with Gasteiger partial charge in [0.2, 0.25) is 0 Å². The minimum atomic E-state index is -2.82. The zero-order chi connectivity index (χ0) is 12.9. The number of alkyl halides is 2. The van der Waals surface area contributed by atoms with Crippen LogP contribution in [0.2, 0.25) is 0 Å². The molecule has 0 heterocycles. The van der Waals surface area contributed by atoms with Crippen LogP contribution in [0, 0.1) is 5.92 Å². The molecule has 0 aliphatic carbocycles. The molecule has 0 fully saturated rings. The fraction of sp³-hybridized carbons (Fsp3) is 0.538. The van der Waals surface area contributed by atoms with E-state index in [0.29, 0.717) is 13.1 Å². The van der Waals surface area contributed by atoms with Crippen molar-refractivity contribution >= 4 is 0 Å². The van der Waals surface area contributed by atoms with Crippen molar-refractivity contribution < 1.29 is 8.78 Å². The highest BCUT2D eigenvalue weighted by atomic mass is 19.3. The predicted octanol–water partition coefficient (Wildman–Crippen LogP) is 2.31. The Bertz CT molecular complexity index is 327. The first-order valence-electron chi connectivity index (χ1n) is 5.77. The summed E-state index contributed by atoms with van der Waals surface area (Å²) in [5.74, 6) is -2.59. The molecule has 0 radical (unpaired) electrons. The molecule has 2 nitrogen and oxygen atoms in total. The van der Waals surface area contributed by atoms with E-state index in [4.69, 9.17) is 5.73 Å². The molecule has 0 aromatic heterocycles. The fourth-order valence-corrected chi connectivity index (χ4v) is 1.78. The van der Waals surface area contributed by atoms with Crippen molar-refractivity contribution in [2.45, 2.75) is 12.8 Å². The Morgan fingerprint density at radius 2 is 1.88 bits per heavy atom. The zero-order valence-electron chi connectivity index (χ0n) is 10.4. The summed E-state index contributed by atoms with van der Waals surface area (Å²) in [4.78, 5) is 1.63. The molecule has 0 aliphatic heterocycles. The normalized spacial score (nSPS) is 14.0. The number of rotatable bonds is 6. The summed E-state index contributed by atoms with van der Waals surface area (Å²) in [6.07, 6.45) is 0. The number of benzene rings is 1. The lowest BCUT2D eigenvalue weighted by atomic mass is 10.1. The summed E-state index contributed by atoms with van der Waals surface area (Å²) in [5.41, 5.74) is 5.54. The smallest absolute Gasteiger partial charge is 0.285 e. The minimum Gasteiger partial charge on any atom is -0.330 e. The van der Waals surface area contributed by atoms with Gasteiger partial charge in [0.25, 0.3) is 5.92 Å². The van der Waals surface area contributed by atoms with Gasteiger partial charge in [-0.15, -0.1) is 0 Å². The molecular weight excluding hydrogens is 222 g/mol. The second kappa shape index (κ2) is 6.07. The lowest BCUT2D eigenvalue weighted by Gasteiger charge is -2.26. The van der Waals surface area contributed by atoms with E-state index in [-0.39, 0.29) is 18.0 Å². The molecule has 1 aromatic carbocycles. The Labute approximate surface area is 101 Å². The standard InChI is InChI=1S/C13H20F2N2/c1-11(8-16)9-17(2)10-13(14,15)12-6-4-3-5-7-12/h3-7,11H,8-10,16H2,1-2H3. The Hall–Kier alpha value is -1.00. The van der Waals surface area contributed by atoms with E-state index in [1.54, 1.807) is 30.1 Å². The van der Waals surface area contributed by atoms with Crippen LogP contribution < -0.4 is 5.73 Å². The van der Waals surface area contributed by atoms with Crippen LogP contribution in [0.15, 0.2) is 30.3 Å². The van der Waals surface area contributed by atoms with Crippen LogP contribution in [-0.2, 0) is 5.92 Å². The van der Waals surface area contributed by atoms with Gasteiger partial charge in [-0.2, -0.15) is 8.78 Å². The summed E-state index contributed by atoms with van der Waals surface area (Å²) in [7, 11) is 1.70. The Morgan fingerprint density at radius 3 is 2.41 bits per heavy atom. The molecular formula is C13H20F2N2. The average molecular weight is 242 g/mol. The molecule has 1 aromatic rings. The van der Waals surface area contributed by atoms with Crippen molar-refractivity contribution in [3.05, 3.63) is 35.9 Å². The molecule has 0 bridgehead atoms. The molecule has 4 heteroatoms. The first-order chi connectivity index (χ1) is 7.95. The van der Waals surface area contributed by atoms with Gasteiger partial charge in [-0.25, -0.2) is 0 Å². The summed E-state index contributed by atoms with van der Waals surface area (Å²) in [6.45, 7) is 2.78. The maximum atomic E-state index is 13.9. The van der Waals surface area contributed by atoms with Crippen molar-refractivity contribution in [2.75, 3.05) is 26.7 Å². The van der Waals surface area contributed by atoms with Crippen LogP contribution in [0.4, 0.5) is 8.78 Å². The molecule has 0 saturated heterocycles. The molecule has 0 spiro atoms. The molecule has 0 aliphatic rings. The fourth-order valence-electron chi connectivity index (χ4n) is 1.78. The summed E-state index contributed by atoms with van der Waals surface area (Å²) < 4.78 is 27.8. The highest BCUT2D eigenvalue weighted by molar-refractivity contribution is 5.20. The minimum absolute atomic E-state index is 0.0623. The first-order valence-corrected chi connectivity index (χ1v) is 5.77. The van der Waals surface area contributed by atoms with Gasteiger partial charge in [-0.3, -0.25) is 4.90 Å². The van der Waals surface area contributed by atoms with Crippen molar-refractivity contribution in [1.29, 1.82) is 0 Å². The third-order valence-corrected chi connectivity index (χ3v) is 2.69. The van der Waals surface area contributed by atoms with Gasteiger partial charge in [0.1, 0.15) is 0 Å². The molecule has 17 heavy (non-hydrogen) atoms. The van der Waals surface area contributed by atoms with Crippen LogP contribution in [0.3, 0.4) is 0 Å². The topological polar surface area (TPSA) is 29.3 Å². The molecule has 96 valence electrons. The van der Waals surface area contributed by atoms with Crippen molar-refractivity contribution in [2.24, 2.45) is 11.7 Å². The van der Waals surface area contributed by atoms with Gasteiger partial charge in [0.15, 0.2) is 0 Å². The Balaban J connectivity index is 2.60. The Kier molecular flexibility index (Phi) is 5.02. The van der Waals surface area contributed by atoms with E-state index in [9.17, 15) is 8.78 Å². The van der Waals surface area contributed by atoms with E-state index in [2.05, 4.69) is 0 Å². The second-order valence-electron chi connectivity index (χ2n) is 4.61. The van der Waals surface area contributed by atoms with Gasteiger partial charge in [-0.05, 0) is 19.5 Å². The molecule has 1 atom stereocenters. The Morgan fingerprint density at radius 1 is 1.29 bits per heavy atom. The first kappa shape index (κ1) is 14.1. The number of halogens is 2. The van der Waals surface area contributed by atoms with Crippen molar-refractivity contribution in [3.8, 4) is 0 Å². The quantitative estimate of drug-likeness (QED) is 0.829. The highest BCUT2D eigenvalue weighted by Gasteiger charge is 2.32. The monoisotopic (exact) mass is 242 g/mol. The molecule has 1 rings (SSSR count). The van der Waals surface area contributed by atoms with Crippen LogP contribution in [0.5, 0.6) is 0 Å². The molecule has 0 saturated carbocycles. The lowest BCUT2D eigenvalue weighted by molar-refractivity contribution is -0.0341. The van der Waals surface area contributed by atoms with Gasteiger partial charge in [0.05, 0.1) is 6.54 Å². The number of hydrogen-bond acceptors (Lipinski definition) is 2. The summed E-state index contributed by atoms with van der Waals surface area (Å²) in [5, 5.41) is 0. The maximum absolute atomic E-state index is 13.9. The summed E-state index contributed by atoms with van der Waals surface area (Å²) in [6, 6.07) is 7.91. The van der Waals surface area contributed by atoms with Crippen LogP contribution in [0.25, 0.3) is 0 Å².